The Kier molecular flexibility index (Phi) is 6.19. The van der Waals surface area contributed by atoms with Gasteiger partial charge in [-0.2, -0.15) is 5.10 Å². The van der Waals surface area contributed by atoms with Crippen molar-refractivity contribution in [3.63, 3.8) is 0 Å². The summed E-state index contributed by atoms with van der Waals surface area (Å²) in [6.07, 6.45) is 6.14. The summed E-state index contributed by atoms with van der Waals surface area (Å²) in [4.78, 5) is 15.1. The molecule has 1 amide bonds. The second-order valence-electron chi connectivity index (χ2n) is 8.13. The molecule has 1 aliphatic carbocycles. The molecule has 4 rings (SSSR count). The highest BCUT2D eigenvalue weighted by Gasteiger charge is 2.31. The number of amides is 1. The predicted molar refractivity (Wildman–Crippen MR) is 113 cm³/mol. The molecule has 6 nitrogen and oxygen atoms in total. The van der Waals surface area contributed by atoms with E-state index in [0.29, 0.717) is 11.7 Å². The summed E-state index contributed by atoms with van der Waals surface area (Å²) in [6.45, 7) is 5.54. The minimum Gasteiger partial charge on any atom is -0.496 e. The molecule has 2 aromatic rings. The molecule has 1 aliphatic heterocycles. The number of aryl methyl sites for hydroxylation is 1. The van der Waals surface area contributed by atoms with Crippen LogP contribution in [0.3, 0.4) is 0 Å². The maximum Gasteiger partial charge on any atom is 0.274 e. The van der Waals surface area contributed by atoms with Crippen LogP contribution in [0.25, 0.3) is 0 Å². The summed E-state index contributed by atoms with van der Waals surface area (Å²) >= 11 is 0. The molecule has 1 fully saturated rings. The van der Waals surface area contributed by atoms with Crippen LogP contribution >= 0.6 is 0 Å². The Bertz CT molecular complexity index is 855. The van der Waals surface area contributed by atoms with E-state index in [1.54, 1.807) is 7.11 Å². The first kappa shape index (κ1) is 20.0. The Balaban J connectivity index is 1.51. The number of benzene rings is 1. The quantitative estimate of drug-likeness (QED) is 0.781. The molecule has 1 saturated heterocycles. The number of nitrogens with one attached hydrogen (secondary N) is 1. The number of para-hydroxylation sites is 1. The van der Waals surface area contributed by atoms with E-state index < -0.39 is 0 Å². The smallest absolute Gasteiger partial charge is 0.274 e. The van der Waals surface area contributed by atoms with Gasteiger partial charge in [0.05, 0.1) is 7.11 Å². The van der Waals surface area contributed by atoms with Gasteiger partial charge in [-0.1, -0.05) is 25.1 Å². The van der Waals surface area contributed by atoms with Gasteiger partial charge in [0.1, 0.15) is 5.75 Å². The molecule has 29 heavy (non-hydrogen) atoms. The molecule has 0 unspecified atom stereocenters. The minimum atomic E-state index is 0.124. The van der Waals surface area contributed by atoms with Crippen molar-refractivity contribution in [2.24, 2.45) is 0 Å². The van der Waals surface area contributed by atoms with E-state index in [4.69, 9.17) is 9.84 Å². The lowest BCUT2D eigenvalue weighted by Gasteiger charge is -2.25. The van der Waals surface area contributed by atoms with E-state index in [0.717, 1.165) is 76.0 Å². The largest absolute Gasteiger partial charge is 0.496 e. The number of methoxy groups -OCH3 is 1. The maximum atomic E-state index is 13.1. The number of rotatable bonds is 7. The number of hydrogen-bond acceptors (Lipinski definition) is 4. The number of hydrogen-bond donors (Lipinski definition) is 1. The lowest BCUT2D eigenvalue weighted by Crippen LogP contribution is -2.35. The summed E-state index contributed by atoms with van der Waals surface area (Å²) in [5, 5.41) is 8.47. The number of carbonyl (C=O) groups is 1. The van der Waals surface area contributed by atoms with E-state index in [9.17, 15) is 4.79 Å². The fourth-order valence-corrected chi connectivity index (χ4v) is 4.60. The highest BCUT2D eigenvalue weighted by atomic mass is 16.5. The van der Waals surface area contributed by atoms with Crippen LogP contribution in [0, 0.1) is 0 Å². The molecule has 0 spiro atoms. The molecule has 1 aromatic heterocycles. The van der Waals surface area contributed by atoms with Crippen molar-refractivity contribution in [1.82, 2.24) is 20.0 Å². The van der Waals surface area contributed by atoms with Crippen LogP contribution in [-0.2, 0) is 25.9 Å². The van der Waals surface area contributed by atoms with Crippen LogP contribution in [0.2, 0.25) is 0 Å². The van der Waals surface area contributed by atoms with Crippen molar-refractivity contribution < 1.29 is 9.53 Å². The van der Waals surface area contributed by atoms with E-state index >= 15 is 0 Å². The fourth-order valence-electron chi connectivity index (χ4n) is 4.60. The molecular formula is C23H32N4O2. The molecule has 1 atom stereocenters. The third-order valence-corrected chi connectivity index (χ3v) is 6.15. The lowest BCUT2D eigenvalue weighted by atomic mass is 9.91. The molecule has 6 heteroatoms. The Hall–Kier alpha value is -2.34. The van der Waals surface area contributed by atoms with Crippen LogP contribution in [0.4, 0.5) is 0 Å². The fraction of sp³-hybridized carbons (Fsp3) is 0.565. The van der Waals surface area contributed by atoms with Gasteiger partial charge >= 0.3 is 0 Å². The molecule has 1 aromatic carbocycles. The number of ether oxygens (including phenoxy) is 1. The molecule has 0 bridgehead atoms. The summed E-state index contributed by atoms with van der Waals surface area (Å²) in [5.41, 5.74) is 4.29. The Labute approximate surface area is 173 Å². The first-order chi connectivity index (χ1) is 14.2. The number of nitrogens with zero attached hydrogens (tertiary/aromatic N) is 3. The Morgan fingerprint density at radius 2 is 2.07 bits per heavy atom. The zero-order valence-corrected chi connectivity index (χ0v) is 17.6. The van der Waals surface area contributed by atoms with Crippen molar-refractivity contribution in [1.29, 1.82) is 0 Å². The van der Waals surface area contributed by atoms with Crippen LogP contribution in [-0.4, -0.2) is 46.8 Å². The van der Waals surface area contributed by atoms with Crippen molar-refractivity contribution in [2.45, 2.75) is 64.6 Å². The zero-order chi connectivity index (χ0) is 20.2. The average molecular weight is 397 g/mol. The first-order valence-electron chi connectivity index (χ1n) is 10.9. The van der Waals surface area contributed by atoms with Gasteiger partial charge in [0, 0.05) is 49.0 Å². The topological polar surface area (TPSA) is 59.4 Å². The summed E-state index contributed by atoms with van der Waals surface area (Å²) in [7, 11) is 1.71. The number of aromatic nitrogens is 2. The average Bonchev–Trinajstić information content (AvgIpc) is 3.41. The highest BCUT2D eigenvalue weighted by Crippen LogP contribution is 2.27. The maximum absolute atomic E-state index is 13.1. The van der Waals surface area contributed by atoms with Crippen LogP contribution in [0.1, 0.15) is 59.9 Å². The number of fused-ring (bicyclic) bond motifs is 1. The van der Waals surface area contributed by atoms with Crippen molar-refractivity contribution in [3.05, 3.63) is 46.8 Å². The molecule has 2 aliphatic rings. The van der Waals surface area contributed by atoms with Crippen molar-refractivity contribution in [2.75, 3.05) is 20.2 Å². The highest BCUT2D eigenvalue weighted by molar-refractivity contribution is 5.94. The molecule has 2 heterocycles. The van der Waals surface area contributed by atoms with Crippen LogP contribution < -0.4 is 10.1 Å². The van der Waals surface area contributed by atoms with Crippen molar-refractivity contribution in [3.8, 4) is 5.75 Å². The second kappa shape index (κ2) is 8.99. The van der Waals surface area contributed by atoms with Crippen molar-refractivity contribution >= 4 is 5.91 Å². The SMILES string of the molecule is CCCn1nc(C(=O)N2CCCC2)c2c1CC[C@H](NCc1ccccc1OC)C2. The summed E-state index contributed by atoms with van der Waals surface area (Å²) < 4.78 is 7.57. The van der Waals surface area contributed by atoms with E-state index in [-0.39, 0.29) is 5.91 Å². The summed E-state index contributed by atoms with van der Waals surface area (Å²) in [5.74, 6) is 1.04. The predicted octanol–water partition coefficient (Wildman–Crippen LogP) is 3.18. The van der Waals surface area contributed by atoms with Gasteiger partial charge in [-0.15, -0.1) is 0 Å². The number of likely N-dealkylation sites (tertiary alicyclic amines) is 1. The minimum absolute atomic E-state index is 0.124. The lowest BCUT2D eigenvalue weighted by molar-refractivity contribution is 0.0784. The molecule has 0 radical (unpaired) electrons. The normalized spacial score (nSPS) is 18.7. The van der Waals surface area contributed by atoms with E-state index in [2.05, 4.69) is 23.0 Å². The number of carbonyl (C=O) groups excluding carboxylic acids is 1. The Morgan fingerprint density at radius 1 is 1.28 bits per heavy atom. The third kappa shape index (κ3) is 4.17. The molecule has 1 N–H and O–H groups in total. The van der Waals surface area contributed by atoms with E-state index in [1.165, 1.54) is 11.3 Å². The van der Waals surface area contributed by atoms with Gasteiger partial charge in [-0.3, -0.25) is 9.48 Å². The zero-order valence-electron chi connectivity index (χ0n) is 17.6. The second-order valence-corrected chi connectivity index (χ2v) is 8.13. The molecule has 156 valence electrons. The van der Waals surface area contributed by atoms with Crippen LogP contribution in [0.5, 0.6) is 5.75 Å². The monoisotopic (exact) mass is 396 g/mol. The van der Waals surface area contributed by atoms with Gasteiger partial charge in [-0.25, -0.2) is 0 Å². The van der Waals surface area contributed by atoms with Gasteiger partial charge < -0.3 is 15.0 Å². The molecular weight excluding hydrogens is 364 g/mol. The van der Waals surface area contributed by atoms with Gasteiger partial charge in [-0.05, 0) is 44.6 Å². The third-order valence-electron chi connectivity index (χ3n) is 6.15. The van der Waals surface area contributed by atoms with Crippen LogP contribution in [0.15, 0.2) is 24.3 Å². The Morgan fingerprint density at radius 3 is 2.83 bits per heavy atom. The standard InChI is InChI=1S/C23H32N4O2/c1-3-12-27-20-11-10-18(24-16-17-8-4-5-9-21(17)29-2)15-19(20)22(25-27)23(28)26-13-6-7-14-26/h4-5,8-9,18,24H,3,6-7,10-16H2,1-2H3/t18-/m0/s1. The van der Waals surface area contributed by atoms with Gasteiger partial charge in [0.15, 0.2) is 5.69 Å². The first-order valence-corrected chi connectivity index (χ1v) is 10.9. The van der Waals surface area contributed by atoms with Gasteiger partial charge in [0.25, 0.3) is 5.91 Å². The van der Waals surface area contributed by atoms with Gasteiger partial charge in [0.2, 0.25) is 0 Å². The van der Waals surface area contributed by atoms with E-state index in [1.807, 2.05) is 23.1 Å². The molecule has 0 saturated carbocycles. The summed E-state index contributed by atoms with van der Waals surface area (Å²) in [6, 6.07) is 8.48.